The highest BCUT2D eigenvalue weighted by Gasteiger charge is 2.10. The molecule has 0 bridgehead atoms. The van der Waals surface area contributed by atoms with Gasteiger partial charge in [-0.05, 0) is 48.7 Å². The molecular formula is C10H13IN2O. The third-order valence-corrected chi connectivity index (χ3v) is 2.90. The van der Waals surface area contributed by atoms with Crippen LogP contribution in [0, 0.1) is 3.57 Å². The molecule has 1 atom stereocenters. The topological polar surface area (TPSA) is 41.1 Å². The van der Waals surface area contributed by atoms with Crippen LogP contribution >= 0.6 is 22.6 Å². The SMILES string of the molecule is CNC(C)C(=O)Nc1ccccc1I. The Morgan fingerprint density at radius 2 is 2.07 bits per heavy atom. The van der Waals surface area contributed by atoms with E-state index < -0.39 is 0 Å². The molecule has 1 aromatic rings. The van der Waals surface area contributed by atoms with Crippen LogP contribution in [0.15, 0.2) is 24.3 Å². The van der Waals surface area contributed by atoms with E-state index in [4.69, 9.17) is 0 Å². The number of benzene rings is 1. The summed E-state index contributed by atoms with van der Waals surface area (Å²) in [5.41, 5.74) is 0.861. The Morgan fingerprint density at radius 1 is 1.43 bits per heavy atom. The number of para-hydroxylation sites is 1. The summed E-state index contributed by atoms with van der Waals surface area (Å²) in [6, 6.07) is 7.52. The molecule has 0 aromatic heterocycles. The van der Waals surface area contributed by atoms with Gasteiger partial charge in [-0.1, -0.05) is 12.1 Å². The van der Waals surface area contributed by atoms with E-state index in [1.165, 1.54) is 0 Å². The minimum absolute atomic E-state index is 0.0170. The molecule has 1 rings (SSSR count). The first-order valence-electron chi connectivity index (χ1n) is 4.38. The van der Waals surface area contributed by atoms with E-state index in [2.05, 4.69) is 33.2 Å². The lowest BCUT2D eigenvalue weighted by Crippen LogP contribution is -2.35. The molecule has 0 heterocycles. The van der Waals surface area contributed by atoms with Crippen molar-refractivity contribution in [3.05, 3.63) is 27.8 Å². The smallest absolute Gasteiger partial charge is 0.241 e. The minimum atomic E-state index is -0.175. The summed E-state index contributed by atoms with van der Waals surface area (Å²) in [5, 5.41) is 5.74. The van der Waals surface area contributed by atoms with Gasteiger partial charge in [0.05, 0.1) is 11.7 Å². The Labute approximate surface area is 97.4 Å². The van der Waals surface area contributed by atoms with Crippen molar-refractivity contribution in [2.75, 3.05) is 12.4 Å². The zero-order valence-electron chi connectivity index (χ0n) is 8.17. The highest BCUT2D eigenvalue weighted by molar-refractivity contribution is 14.1. The van der Waals surface area contributed by atoms with Gasteiger partial charge in [0.2, 0.25) is 5.91 Å². The molecule has 0 aliphatic rings. The van der Waals surface area contributed by atoms with E-state index in [0.29, 0.717) is 0 Å². The van der Waals surface area contributed by atoms with Crippen LogP contribution in [0.25, 0.3) is 0 Å². The molecule has 0 radical (unpaired) electrons. The van der Waals surface area contributed by atoms with Crippen LogP contribution in [-0.2, 0) is 4.79 Å². The Morgan fingerprint density at radius 3 is 2.64 bits per heavy atom. The second kappa shape index (κ2) is 5.31. The Kier molecular flexibility index (Phi) is 4.34. The number of hydrogen-bond acceptors (Lipinski definition) is 2. The van der Waals surface area contributed by atoms with Gasteiger partial charge in [-0.2, -0.15) is 0 Å². The van der Waals surface area contributed by atoms with Crippen molar-refractivity contribution in [2.45, 2.75) is 13.0 Å². The number of nitrogens with one attached hydrogen (secondary N) is 2. The predicted octanol–water partition coefficient (Wildman–Crippen LogP) is 1.84. The lowest BCUT2D eigenvalue weighted by Gasteiger charge is -2.11. The zero-order valence-corrected chi connectivity index (χ0v) is 10.3. The molecule has 2 N–H and O–H groups in total. The molecule has 0 saturated carbocycles. The number of carbonyl (C=O) groups is 1. The monoisotopic (exact) mass is 304 g/mol. The van der Waals surface area contributed by atoms with Gasteiger partial charge in [-0.3, -0.25) is 4.79 Å². The van der Waals surface area contributed by atoms with Crippen LogP contribution in [0.5, 0.6) is 0 Å². The van der Waals surface area contributed by atoms with Crippen LogP contribution < -0.4 is 10.6 Å². The highest BCUT2D eigenvalue weighted by atomic mass is 127. The molecule has 0 aliphatic carbocycles. The normalized spacial score (nSPS) is 12.2. The fraction of sp³-hybridized carbons (Fsp3) is 0.300. The maximum atomic E-state index is 11.5. The van der Waals surface area contributed by atoms with Gasteiger partial charge in [0.1, 0.15) is 0 Å². The summed E-state index contributed by atoms with van der Waals surface area (Å²) < 4.78 is 1.04. The van der Waals surface area contributed by atoms with Gasteiger partial charge < -0.3 is 10.6 Å². The quantitative estimate of drug-likeness (QED) is 0.837. The molecule has 0 saturated heterocycles. The number of hydrogen-bond donors (Lipinski definition) is 2. The van der Waals surface area contributed by atoms with Gasteiger partial charge in [-0.25, -0.2) is 0 Å². The summed E-state index contributed by atoms with van der Waals surface area (Å²) in [5.74, 6) is -0.0170. The summed E-state index contributed by atoms with van der Waals surface area (Å²) >= 11 is 2.19. The third-order valence-electron chi connectivity index (χ3n) is 1.96. The van der Waals surface area contributed by atoms with E-state index in [0.717, 1.165) is 9.26 Å². The lowest BCUT2D eigenvalue weighted by atomic mass is 10.3. The van der Waals surface area contributed by atoms with Crippen LogP contribution in [0.3, 0.4) is 0 Å². The fourth-order valence-electron chi connectivity index (χ4n) is 0.935. The van der Waals surface area contributed by atoms with Gasteiger partial charge in [-0.15, -0.1) is 0 Å². The second-order valence-corrected chi connectivity index (χ2v) is 4.14. The number of likely N-dealkylation sites (N-methyl/N-ethyl adjacent to an activating group) is 1. The predicted molar refractivity (Wildman–Crippen MR) is 66.3 cm³/mol. The molecule has 1 unspecified atom stereocenters. The summed E-state index contributed by atoms with van der Waals surface area (Å²) in [6.07, 6.45) is 0. The Hall–Kier alpha value is -0.620. The molecule has 3 nitrogen and oxygen atoms in total. The average Bonchev–Trinajstić information content (AvgIpc) is 2.20. The van der Waals surface area contributed by atoms with Crippen LogP contribution in [0.4, 0.5) is 5.69 Å². The number of anilines is 1. The standard InChI is InChI=1S/C10H13IN2O/c1-7(12-2)10(14)13-9-6-4-3-5-8(9)11/h3-7,12H,1-2H3,(H,13,14). The van der Waals surface area contributed by atoms with Crippen LogP contribution in [0.1, 0.15) is 6.92 Å². The van der Waals surface area contributed by atoms with Crippen molar-refractivity contribution >= 4 is 34.2 Å². The molecule has 4 heteroatoms. The zero-order chi connectivity index (χ0) is 10.6. The summed E-state index contributed by atoms with van der Waals surface area (Å²) in [7, 11) is 1.76. The lowest BCUT2D eigenvalue weighted by molar-refractivity contribution is -0.117. The van der Waals surface area contributed by atoms with E-state index >= 15 is 0 Å². The fourth-order valence-corrected chi connectivity index (χ4v) is 1.46. The largest absolute Gasteiger partial charge is 0.324 e. The van der Waals surface area contributed by atoms with Crippen molar-refractivity contribution in [3.63, 3.8) is 0 Å². The number of carbonyl (C=O) groups excluding carboxylic acids is 1. The van der Waals surface area contributed by atoms with Crippen molar-refractivity contribution in [1.82, 2.24) is 5.32 Å². The number of halogens is 1. The first-order valence-corrected chi connectivity index (χ1v) is 5.45. The molecule has 0 spiro atoms. The van der Waals surface area contributed by atoms with E-state index in [-0.39, 0.29) is 11.9 Å². The molecule has 76 valence electrons. The molecule has 14 heavy (non-hydrogen) atoms. The first-order chi connectivity index (χ1) is 6.65. The van der Waals surface area contributed by atoms with Crippen molar-refractivity contribution in [3.8, 4) is 0 Å². The Balaban J connectivity index is 2.70. The number of rotatable bonds is 3. The third kappa shape index (κ3) is 2.95. The maximum Gasteiger partial charge on any atom is 0.241 e. The molecule has 0 aliphatic heterocycles. The summed E-state index contributed by atoms with van der Waals surface area (Å²) in [6.45, 7) is 1.82. The van der Waals surface area contributed by atoms with Gasteiger partial charge in [0.15, 0.2) is 0 Å². The first kappa shape index (κ1) is 11.5. The van der Waals surface area contributed by atoms with Crippen molar-refractivity contribution in [2.24, 2.45) is 0 Å². The molecule has 0 fully saturated rings. The summed E-state index contributed by atoms with van der Waals surface area (Å²) in [4.78, 5) is 11.5. The molecular weight excluding hydrogens is 291 g/mol. The second-order valence-electron chi connectivity index (χ2n) is 2.98. The van der Waals surface area contributed by atoms with Gasteiger partial charge in [0, 0.05) is 3.57 Å². The Bertz CT molecular complexity index is 328. The minimum Gasteiger partial charge on any atom is -0.324 e. The maximum absolute atomic E-state index is 11.5. The van der Waals surface area contributed by atoms with Crippen molar-refractivity contribution in [1.29, 1.82) is 0 Å². The molecule has 1 aromatic carbocycles. The van der Waals surface area contributed by atoms with E-state index in [1.807, 2.05) is 31.2 Å². The van der Waals surface area contributed by atoms with Gasteiger partial charge in [0.25, 0.3) is 0 Å². The highest BCUT2D eigenvalue weighted by Crippen LogP contribution is 2.16. The van der Waals surface area contributed by atoms with E-state index in [1.54, 1.807) is 7.05 Å². The van der Waals surface area contributed by atoms with Crippen molar-refractivity contribution < 1.29 is 4.79 Å². The average molecular weight is 304 g/mol. The van der Waals surface area contributed by atoms with Crippen LogP contribution in [-0.4, -0.2) is 19.0 Å². The van der Waals surface area contributed by atoms with Crippen LogP contribution in [0.2, 0.25) is 0 Å². The van der Waals surface area contributed by atoms with Gasteiger partial charge >= 0.3 is 0 Å². The van der Waals surface area contributed by atoms with E-state index in [9.17, 15) is 4.79 Å². The molecule has 1 amide bonds. The number of amides is 1.